The van der Waals surface area contributed by atoms with E-state index in [1.807, 2.05) is 0 Å². The fourth-order valence-electron chi connectivity index (χ4n) is 1.13. The van der Waals surface area contributed by atoms with Crippen molar-refractivity contribution in [1.29, 1.82) is 0 Å². The molecule has 0 bridgehead atoms. The highest BCUT2D eigenvalue weighted by molar-refractivity contribution is 9.09. The van der Waals surface area contributed by atoms with Gasteiger partial charge in [-0.05, 0) is 31.4 Å². The molecule has 1 nitrogen and oxygen atoms in total. The van der Waals surface area contributed by atoms with Crippen LogP contribution < -0.4 is 4.74 Å². The first-order valence-electron chi connectivity index (χ1n) is 4.88. The molecule has 0 amide bonds. The third-order valence-corrected chi connectivity index (χ3v) is 2.50. The van der Waals surface area contributed by atoms with Gasteiger partial charge in [-0.2, -0.15) is 0 Å². The fourth-order valence-corrected chi connectivity index (χ4v) is 1.53. The molecular formula is C11H13BrF2O. The second kappa shape index (κ2) is 6.77. The van der Waals surface area contributed by atoms with Crippen LogP contribution >= 0.6 is 15.9 Å². The van der Waals surface area contributed by atoms with E-state index >= 15 is 0 Å². The van der Waals surface area contributed by atoms with Crippen molar-refractivity contribution in [2.45, 2.75) is 19.3 Å². The molecule has 4 heteroatoms. The third kappa shape index (κ3) is 4.60. The molecule has 0 aliphatic rings. The van der Waals surface area contributed by atoms with Gasteiger partial charge in [0.1, 0.15) is 5.75 Å². The standard InChI is InChI=1S/C11H13BrF2O/c12-6-2-1-3-7-15-9-4-5-10(13)11(14)8-9/h4-5,8H,1-3,6-7H2. The minimum atomic E-state index is -0.868. The molecule has 1 rings (SSSR count). The first-order valence-corrected chi connectivity index (χ1v) is 6.00. The van der Waals surface area contributed by atoms with E-state index in [-0.39, 0.29) is 0 Å². The topological polar surface area (TPSA) is 9.23 Å². The van der Waals surface area contributed by atoms with E-state index in [4.69, 9.17) is 4.74 Å². The van der Waals surface area contributed by atoms with Gasteiger partial charge in [0.25, 0.3) is 0 Å². The van der Waals surface area contributed by atoms with Crippen molar-refractivity contribution in [3.05, 3.63) is 29.8 Å². The Hall–Kier alpha value is -0.640. The van der Waals surface area contributed by atoms with Crippen LogP contribution in [0.3, 0.4) is 0 Å². The molecule has 0 unspecified atom stereocenters. The molecule has 84 valence electrons. The Morgan fingerprint density at radius 2 is 1.87 bits per heavy atom. The zero-order chi connectivity index (χ0) is 11.1. The van der Waals surface area contributed by atoms with E-state index in [9.17, 15) is 8.78 Å². The Labute approximate surface area is 96.6 Å². The first kappa shape index (κ1) is 12.4. The van der Waals surface area contributed by atoms with Gasteiger partial charge in [0.05, 0.1) is 6.61 Å². The van der Waals surface area contributed by atoms with E-state index in [0.717, 1.165) is 36.7 Å². The molecule has 0 aromatic heterocycles. The van der Waals surface area contributed by atoms with Gasteiger partial charge >= 0.3 is 0 Å². The van der Waals surface area contributed by atoms with Crippen LogP contribution in [0.2, 0.25) is 0 Å². The molecule has 1 aromatic carbocycles. The van der Waals surface area contributed by atoms with E-state index < -0.39 is 11.6 Å². The summed E-state index contributed by atoms with van der Waals surface area (Å²) in [5.74, 6) is -1.33. The van der Waals surface area contributed by atoms with E-state index in [0.29, 0.717) is 12.4 Å². The molecule has 0 aliphatic heterocycles. The van der Waals surface area contributed by atoms with Crippen molar-refractivity contribution in [2.75, 3.05) is 11.9 Å². The summed E-state index contributed by atoms with van der Waals surface area (Å²) in [4.78, 5) is 0. The van der Waals surface area contributed by atoms with E-state index in [1.54, 1.807) is 0 Å². The lowest BCUT2D eigenvalue weighted by atomic mass is 10.2. The van der Waals surface area contributed by atoms with Crippen molar-refractivity contribution in [2.24, 2.45) is 0 Å². The van der Waals surface area contributed by atoms with Crippen LogP contribution in [0.5, 0.6) is 5.75 Å². The number of rotatable bonds is 6. The summed E-state index contributed by atoms with van der Waals surface area (Å²) in [6.07, 6.45) is 3.08. The van der Waals surface area contributed by atoms with Crippen LogP contribution in [-0.2, 0) is 0 Å². The maximum absolute atomic E-state index is 12.7. The summed E-state index contributed by atoms with van der Waals surface area (Å²) < 4.78 is 30.6. The van der Waals surface area contributed by atoms with Crippen LogP contribution in [-0.4, -0.2) is 11.9 Å². The minimum absolute atomic E-state index is 0.382. The maximum atomic E-state index is 12.7. The average Bonchev–Trinajstić information content (AvgIpc) is 2.23. The molecule has 0 radical (unpaired) electrons. The van der Waals surface area contributed by atoms with Gasteiger partial charge in [-0.1, -0.05) is 15.9 Å². The Morgan fingerprint density at radius 3 is 2.53 bits per heavy atom. The quantitative estimate of drug-likeness (QED) is 0.566. The fraction of sp³-hybridized carbons (Fsp3) is 0.455. The molecule has 0 atom stereocenters. The maximum Gasteiger partial charge on any atom is 0.162 e. The van der Waals surface area contributed by atoms with Crippen molar-refractivity contribution in [3.8, 4) is 5.75 Å². The molecular weight excluding hydrogens is 266 g/mol. The zero-order valence-corrected chi connectivity index (χ0v) is 9.90. The van der Waals surface area contributed by atoms with Crippen LogP contribution in [0.4, 0.5) is 8.78 Å². The number of hydrogen-bond donors (Lipinski definition) is 0. The van der Waals surface area contributed by atoms with Gasteiger partial charge in [0, 0.05) is 11.4 Å². The van der Waals surface area contributed by atoms with Crippen LogP contribution in [0.15, 0.2) is 18.2 Å². The number of ether oxygens (including phenoxy) is 1. The van der Waals surface area contributed by atoms with Crippen molar-refractivity contribution >= 4 is 15.9 Å². The lowest BCUT2D eigenvalue weighted by molar-refractivity contribution is 0.304. The number of hydrogen-bond acceptors (Lipinski definition) is 1. The number of halogens is 3. The Bertz CT molecular complexity index is 305. The number of alkyl halides is 1. The van der Waals surface area contributed by atoms with Crippen LogP contribution in [0, 0.1) is 11.6 Å². The first-order chi connectivity index (χ1) is 7.24. The normalized spacial score (nSPS) is 10.3. The minimum Gasteiger partial charge on any atom is -0.493 e. The van der Waals surface area contributed by atoms with Gasteiger partial charge < -0.3 is 4.74 Å². The predicted molar refractivity (Wildman–Crippen MR) is 59.5 cm³/mol. The van der Waals surface area contributed by atoms with Gasteiger partial charge in [-0.3, -0.25) is 0 Å². The Kier molecular flexibility index (Phi) is 5.61. The third-order valence-electron chi connectivity index (χ3n) is 1.94. The van der Waals surface area contributed by atoms with Gasteiger partial charge in [0.2, 0.25) is 0 Å². The average molecular weight is 279 g/mol. The number of unbranched alkanes of at least 4 members (excludes halogenated alkanes) is 2. The second-order valence-electron chi connectivity index (χ2n) is 3.17. The molecule has 1 aromatic rings. The molecule has 0 N–H and O–H groups in total. The largest absolute Gasteiger partial charge is 0.493 e. The van der Waals surface area contributed by atoms with Crippen LogP contribution in [0.1, 0.15) is 19.3 Å². The van der Waals surface area contributed by atoms with Crippen molar-refractivity contribution < 1.29 is 13.5 Å². The Morgan fingerprint density at radius 1 is 1.07 bits per heavy atom. The van der Waals surface area contributed by atoms with E-state index in [1.165, 1.54) is 6.07 Å². The van der Waals surface area contributed by atoms with Crippen LogP contribution in [0.25, 0.3) is 0 Å². The molecule has 0 fully saturated rings. The zero-order valence-electron chi connectivity index (χ0n) is 8.31. The highest BCUT2D eigenvalue weighted by Gasteiger charge is 2.02. The van der Waals surface area contributed by atoms with Gasteiger partial charge in [0.15, 0.2) is 11.6 Å². The summed E-state index contributed by atoms with van der Waals surface area (Å²) >= 11 is 3.33. The lowest BCUT2D eigenvalue weighted by Crippen LogP contribution is -1.98. The summed E-state index contributed by atoms with van der Waals surface area (Å²) in [5.41, 5.74) is 0. The summed E-state index contributed by atoms with van der Waals surface area (Å²) in [5, 5.41) is 0.984. The molecule has 0 saturated carbocycles. The lowest BCUT2D eigenvalue weighted by Gasteiger charge is -2.05. The van der Waals surface area contributed by atoms with Crippen molar-refractivity contribution in [1.82, 2.24) is 0 Å². The highest BCUT2D eigenvalue weighted by Crippen LogP contribution is 2.15. The summed E-state index contributed by atoms with van der Waals surface area (Å²) in [6.45, 7) is 0.540. The van der Waals surface area contributed by atoms with Gasteiger partial charge in [-0.25, -0.2) is 8.78 Å². The Balaban J connectivity index is 2.28. The highest BCUT2D eigenvalue weighted by atomic mass is 79.9. The molecule has 0 saturated heterocycles. The van der Waals surface area contributed by atoms with E-state index in [2.05, 4.69) is 15.9 Å². The second-order valence-corrected chi connectivity index (χ2v) is 3.97. The SMILES string of the molecule is Fc1ccc(OCCCCCBr)cc1F. The summed E-state index contributed by atoms with van der Waals surface area (Å²) in [6, 6.07) is 3.58. The van der Waals surface area contributed by atoms with Crippen molar-refractivity contribution in [3.63, 3.8) is 0 Å². The number of benzene rings is 1. The molecule has 0 spiro atoms. The predicted octanol–water partition coefficient (Wildman–Crippen LogP) is 3.91. The smallest absolute Gasteiger partial charge is 0.162 e. The monoisotopic (exact) mass is 278 g/mol. The molecule has 0 aliphatic carbocycles. The van der Waals surface area contributed by atoms with Gasteiger partial charge in [-0.15, -0.1) is 0 Å². The summed E-state index contributed by atoms with van der Waals surface area (Å²) in [7, 11) is 0. The molecule has 15 heavy (non-hydrogen) atoms. The molecule has 0 heterocycles.